The topological polar surface area (TPSA) is 41.1 Å². The van der Waals surface area contributed by atoms with E-state index in [0.717, 1.165) is 18.9 Å². The van der Waals surface area contributed by atoms with Crippen LogP contribution >= 0.6 is 0 Å². The van der Waals surface area contributed by atoms with E-state index in [1.54, 1.807) is 0 Å². The standard InChI is InChI=1S/C18H36N2O/c1-7-17(5,6)20-16(21)15(4)19-13-18(12-14(2)3)10-8-9-11-18/h14-15,19H,7-13H2,1-6H3,(H,20,21). The molecule has 21 heavy (non-hydrogen) atoms. The average Bonchev–Trinajstić information content (AvgIpc) is 2.83. The van der Waals surface area contributed by atoms with Gasteiger partial charge in [-0.25, -0.2) is 0 Å². The van der Waals surface area contributed by atoms with E-state index in [-0.39, 0.29) is 17.5 Å². The highest BCUT2D eigenvalue weighted by Crippen LogP contribution is 2.42. The molecule has 0 radical (unpaired) electrons. The molecule has 0 aliphatic heterocycles. The molecule has 1 aliphatic carbocycles. The lowest BCUT2D eigenvalue weighted by Gasteiger charge is -2.33. The third-order valence-corrected chi connectivity index (χ3v) is 5.03. The van der Waals surface area contributed by atoms with Gasteiger partial charge in [0.25, 0.3) is 0 Å². The molecule has 0 saturated heterocycles. The van der Waals surface area contributed by atoms with Crippen LogP contribution in [-0.2, 0) is 4.79 Å². The van der Waals surface area contributed by atoms with E-state index in [4.69, 9.17) is 0 Å². The second-order valence-electron chi connectivity index (χ2n) is 8.13. The van der Waals surface area contributed by atoms with Crippen LogP contribution in [0.3, 0.4) is 0 Å². The van der Waals surface area contributed by atoms with Crippen LogP contribution in [0, 0.1) is 11.3 Å². The van der Waals surface area contributed by atoms with Gasteiger partial charge in [0.2, 0.25) is 5.91 Å². The Balaban J connectivity index is 2.50. The largest absolute Gasteiger partial charge is 0.350 e. The second kappa shape index (κ2) is 7.62. The van der Waals surface area contributed by atoms with E-state index in [2.05, 4.69) is 45.3 Å². The second-order valence-corrected chi connectivity index (χ2v) is 8.13. The number of hydrogen-bond acceptors (Lipinski definition) is 2. The summed E-state index contributed by atoms with van der Waals surface area (Å²) in [6.45, 7) is 13.8. The van der Waals surface area contributed by atoms with Crippen molar-refractivity contribution in [3.8, 4) is 0 Å². The first kappa shape index (κ1) is 18.5. The summed E-state index contributed by atoms with van der Waals surface area (Å²) in [4.78, 5) is 12.3. The molecular formula is C18H36N2O. The summed E-state index contributed by atoms with van der Waals surface area (Å²) in [5.74, 6) is 0.854. The molecule has 3 nitrogen and oxygen atoms in total. The Morgan fingerprint density at radius 3 is 2.24 bits per heavy atom. The zero-order chi connectivity index (χ0) is 16.1. The van der Waals surface area contributed by atoms with Gasteiger partial charge in [0.1, 0.15) is 0 Å². The monoisotopic (exact) mass is 296 g/mol. The van der Waals surface area contributed by atoms with E-state index in [9.17, 15) is 4.79 Å². The minimum atomic E-state index is -0.115. The van der Waals surface area contributed by atoms with Crippen molar-refractivity contribution < 1.29 is 4.79 Å². The van der Waals surface area contributed by atoms with Gasteiger partial charge in [-0.1, -0.05) is 33.6 Å². The molecule has 2 N–H and O–H groups in total. The molecule has 124 valence electrons. The SMILES string of the molecule is CCC(C)(C)NC(=O)C(C)NCC1(CC(C)C)CCCC1. The van der Waals surface area contributed by atoms with Gasteiger partial charge in [0, 0.05) is 12.1 Å². The van der Waals surface area contributed by atoms with Crippen LogP contribution in [0.2, 0.25) is 0 Å². The smallest absolute Gasteiger partial charge is 0.237 e. The van der Waals surface area contributed by atoms with Gasteiger partial charge < -0.3 is 10.6 Å². The van der Waals surface area contributed by atoms with Crippen LogP contribution in [-0.4, -0.2) is 24.0 Å². The highest BCUT2D eigenvalue weighted by atomic mass is 16.2. The highest BCUT2D eigenvalue weighted by molar-refractivity contribution is 5.81. The first-order chi connectivity index (χ1) is 9.70. The fourth-order valence-electron chi connectivity index (χ4n) is 3.44. The van der Waals surface area contributed by atoms with Gasteiger partial charge >= 0.3 is 0 Å². The van der Waals surface area contributed by atoms with Gasteiger partial charge in [0.15, 0.2) is 0 Å². The van der Waals surface area contributed by atoms with Crippen molar-refractivity contribution in [2.45, 2.75) is 91.6 Å². The minimum Gasteiger partial charge on any atom is -0.350 e. The Kier molecular flexibility index (Phi) is 6.71. The van der Waals surface area contributed by atoms with Crippen molar-refractivity contribution in [3.05, 3.63) is 0 Å². The molecule has 1 fully saturated rings. The first-order valence-corrected chi connectivity index (χ1v) is 8.75. The van der Waals surface area contributed by atoms with E-state index >= 15 is 0 Å². The van der Waals surface area contributed by atoms with E-state index in [0.29, 0.717) is 5.41 Å². The van der Waals surface area contributed by atoms with Crippen LogP contribution in [0.1, 0.15) is 80.1 Å². The van der Waals surface area contributed by atoms with Crippen molar-refractivity contribution >= 4 is 5.91 Å². The fourth-order valence-corrected chi connectivity index (χ4v) is 3.44. The van der Waals surface area contributed by atoms with Crippen LogP contribution in [0.15, 0.2) is 0 Å². The fraction of sp³-hybridized carbons (Fsp3) is 0.944. The van der Waals surface area contributed by atoms with E-state index < -0.39 is 0 Å². The summed E-state index contributed by atoms with van der Waals surface area (Å²) < 4.78 is 0. The van der Waals surface area contributed by atoms with Crippen LogP contribution in [0.5, 0.6) is 0 Å². The molecular weight excluding hydrogens is 260 g/mol. The summed E-state index contributed by atoms with van der Waals surface area (Å²) in [6.07, 6.45) is 7.53. The minimum absolute atomic E-state index is 0.111. The molecule has 0 spiro atoms. The van der Waals surface area contributed by atoms with Crippen molar-refractivity contribution in [3.63, 3.8) is 0 Å². The lowest BCUT2D eigenvalue weighted by molar-refractivity contribution is -0.124. The maximum atomic E-state index is 12.3. The number of nitrogens with one attached hydrogen (secondary N) is 2. The summed E-state index contributed by atoms with van der Waals surface area (Å²) in [5.41, 5.74) is 0.305. The lowest BCUT2D eigenvalue weighted by atomic mass is 9.78. The van der Waals surface area contributed by atoms with Crippen molar-refractivity contribution in [1.82, 2.24) is 10.6 Å². The Labute approximate surface area is 131 Å². The Bertz CT molecular complexity index is 330. The maximum Gasteiger partial charge on any atom is 0.237 e. The Morgan fingerprint density at radius 1 is 1.19 bits per heavy atom. The third-order valence-electron chi connectivity index (χ3n) is 5.03. The highest BCUT2D eigenvalue weighted by Gasteiger charge is 2.35. The summed E-state index contributed by atoms with van der Waals surface area (Å²) in [7, 11) is 0. The Morgan fingerprint density at radius 2 is 1.76 bits per heavy atom. The molecule has 1 aliphatic rings. The Hall–Kier alpha value is -0.570. The van der Waals surface area contributed by atoms with Crippen LogP contribution in [0.4, 0.5) is 0 Å². The molecule has 0 aromatic rings. The quantitative estimate of drug-likeness (QED) is 0.714. The molecule has 0 heterocycles. The number of hydrogen-bond donors (Lipinski definition) is 2. The predicted octanol–water partition coefficient (Wildman–Crippen LogP) is 3.88. The molecule has 0 aromatic carbocycles. The summed E-state index contributed by atoms with van der Waals surface area (Å²) >= 11 is 0. The molecule has 1 amide bonds. The van der Waals surface area contributed by atoms with E-state index in [1.807, 2.05) is 6.92 Å². The zero-order valence-electron chi connectivity index (χ0n) is 15.0. The molecule has 1 rings (SSSR count). The number of rotatable bonds is 8. The molecule has 1 atom stereocenters. The van der Waals surface area contributed by atoms with Gasteiger partial charge in [0.05, 0.1) is 6.04 Å². The number of amides is 1. The molecule has 0 bridgehead atoms. The van der Waals surface area contributed by atoms with Gasteiger partial charge in [-0.2, -0.15) is 0 Å². The van der Waals surface area contributed by atoms with Gasteiger partial charge in [-0.3, -0.25) is 4.79 Å². The van der Waals surface area contributed by atoms with Crippen molar-refractivity contribution in [1.29, 1.82) is 0 Å². The average molecular weight is 296 g/mol. The van der Waals surface area contributed by atoms with Gasteiger partial charge in [-0.15, -0.1) is 0 Å². The molecule has 1 unspecified atom stereocenters. The van der Waals surface area contributed by atoms with Gasteiger partial charge in [-0.05, 0) is 57.8 Å². The molecule has 0 aromatic heterocycles. The normalized spacial score (nSPS) is 19.8. The van der Waals surface area contributed by atoms with Crippen LogP contribution in [0.25, 0.3) is 0 Å². The molecule has 3 heteroatoms. The number of carbonyl (C=O) groups is 1. The molecule has 1 saturated carbocycles. The summed E-state index contributed by atoms with van der Waals surface area (Å²) in [5, 5.41) is 6.64. The van der Waals surface area contributed by atoms with Crippen LogP contribution < -0.4 is 10.6 Å². The first-order valence-electron chi connectivity index (χ1n) is 8.75. The maximum absolute atomic E-state index is 12.3. The van der Waals surface area contributed by atoms with Crippen molar-refractivity contribution in [2.24, 2.45) is 11.3 Å². The lowest BCUT2D eigenvalue weighted by Crippen LogP contribution is -2.52. The summed E-state index contributed by atoms with van der Waals surface area (Å²) in [6, 6.07) is -0.111. The third kappa shape index (κ3) is 5.98. The zero-order valence-corrected chi connectivity index (χ0v) is 15.0. The van der Waals surface area contributed by atoms with E-state index in [1.165, 1.54) is 32.1 Å². The predicted molar refractivity (Wildman–Crippen MR) is 90.3 cm³/mol. The number of carbonyl (C=O) groups excluding carboxylic acids is 1. The van der Waals surface area contributed by atoms with Crippen molar-refractivity contribution in [2.75, 3.05) is 6.54 Å².